The summed E-state index contributed by atoms with van der Waals surface area (Å²) in [7, 11) is 0. The van der Waals surface area contributed by atoms with Crippen molar-refractivity contribution in [2.45, 2.75) is 32.2 Å². The Morgan fingerprint density at radius 1 is 1.47 bits per heavy atom. The van der Waals surface area contributed by atoms with E-state index in [-0.39, 0.29) is 0 Å². The van der Waals surface area contributed by atoms with Gasteiger partial charge in [0.2, 0.25) is 0 Å². The molecule has 3 heteroatoms. The molecule has 0 amide bonds. The SMILES string of the molecule is CCC1CCN2c3ccc(Cl)cc3NCC2C1. The quantitative estimate of drug-likeness (QED) is 0.817. The Morgan fingerprint density at radius 3 is 3.18 bits per heavy atom. The fraction of sp³-hybridized carbons (Fsp3) is 0.571. The fourth-order valence-corrected chi connectivity index (χ4v) is 3.32. The molecule has 1 saturated heterocycles. The molecule has 0 aromatic heterocycles. The van der Waals surface area contributed by atoms with Crippen LogP contribution in [0.4, 0.5) is 11.4 Å². The Kier molecular flexibility index (Phi) is 2.91. The van der Waals surface area contributed by atoms with Crippen LogP contribution in [0.1, 0.15) is 26.2 Å². The van der Waals surface area contributed by atoms with Crippen LogP contribution in [0, 0.1) is 5.92 Å². The number of hydrogen-bond acceptors (Lipinski definition) is 2. The van der Waals surface area contributed by atoms with E-state index >= 15 is 0 Å². The van der Waals surface area contributed by atoms with E-state index in [1.807, 2.05) is 12.1 Å². The summed E-state index contributed by atoms with van der Waals surface area (Å²) in [6.45, 7) is 4.56. The molecule has 1 aromatic carbocycles. The second kappa shape index (κ2) is 4.41. The molecule has 1 aromatic rings. The highest BCUT2D eigenvalue weighted by molar-refractivity contribution is 6.31. The van der Waals surface area contributed by atoms with Crippen LogP contribution in [-0.4, -0.2) is 19.1 Å². The van der Waals surface area contributed by atoms with Crippen LogP contribution in [0.5, 0.6) is 0 Å². The van der Waals surface area contributed by atoms with Crippen LogP contribution in [0.2, 0.25) is 5.02 Å². The first-order valence-corrected chi connectivity index (χ1v) is 6.95. The lowest BCUT2D eigenvalue weighted by atomic mass is 9.87. The lowest BCUT2D eigenvalue weighted by Gasteiger charge is -2.45. The summed E-state index contributed by atoms with van der Waals surface area (Å²) in [5, 5.41) is 4.34. The van der Waals surface area contributed by atoms with Crippen molar-refractivity contribution in [3.8, 4) is 0 Å². The lowest BCUT2D eigenvalue weighted by molar-refractivity contribution is 0.336. The Bertz CT molecular complexity index is 419. The zero-order chi connectivity index (χ0) is 11.8. The van der Waals surface area contributed by atoms with Gasteiger partial charge in [-0.3, -0.25) is 0 Å². The third kappa shape index (κ3) is 1.99. The molecule has 2 atom stereocenters. The number of rotatable bonds is 1. The van der Waals surface area contributed by atoms with Crippen LogP contribution < -0.4 is 10.2 Å². The number of nitrogens with one attached hydrogen (secondary N) is 1. The van der Waals surface area contributed by atoms with Crippen molar-refractivity contribution in [3.63, 3.8) is 0 Å². The topological polar surface area (TPSA) is 15.3 Å². The molecule has 1 N–H and O–H groups in total. The molecule has 17 heavy (non-hydrogen) atoms. The van der Waals surface area contributed by atoms with E-state index in [4.69, 9.17) is 11.6 Å². The second-order valence-corrected chi connectivity index (χ2v) is 5.62. The maximum absolute atomic E-state index is 6.04. The summed E-state index contributed by atoms with van der Waals surface area (Å²) >= 11 is 6.04. The number of piperidine rings is 1. The first kappa shape index (κ1) is 11.2. The first-order valence-electron chi connectivity index (χ1n) is 6.58. The van der Waals surface area contributed by atoms with Gasteiger partial charge in [-0.25, -0.2) is 0 Å². The van der Waals surface area contributed by atoms with Gasteiger partial charge >= 0.3 is 0 Å². The van der Waals surface area contributed by atoms with Crippen LogP contribution in [0.3, 0.4) is 0 Å². The number of halogens is 1. The Morgan fingerprint density at radius 2 is 2.35 bits per heavy atom. The standard InChI is InChI=1S/C14H19ClN2/c1-2-10-5-6-17-12(7-10)9-16-13-8-11(15)3-4-14(13)17/h3-4,8,10,12,16H,2,5-7,9H2,1H3. The molecule has 92 valence electrons. The van der Waals surface area contributed by atoms with Crippen molar-refractivity contribution in [2.75, 3.05) is 23.3 Å². The number of benzene rings is 1. The number of anilines is 2. The number of nitrogens with zero attached hydrogens (tertiary/aromatic N) is 1. The first-order chi connectivity index (χ1) is 8.28. The summed E-state index contributed by atoms with van der Waals surface area (Å²) < 4.78 is 0. The maximum atomic E-state index is 6.04. The van der Waals surface area contributed by atoms with Gasteiger partial charge in [-0.05, 0) is 37.0 Å². The van der Waals surface area contributed by atoms with E-state index in [9.17, 15) is 0 Å². The Labute approximate surface area is 108 Å². The summed E-state index contributed by atoms with van der Waals surface area (Å²) in [6, 6.07) is 6.86. The zero-order valence-corrected chi connectivity index (χ0v) is 11.0. The summed E-state index contributed by atoms with van der Waals surface area (Å²) in [5.74, 6) is 0.909. The highest BCUT2D eigenvalue weighted by Crippen LogP contribution is 2.38. The van der Waals surface area contributed by atoms with Gasteiger partial charge in [-0.1, -0.05) is 24.9 Å². The van der Waals surface area contributed by atoms with Gasteiger partial charge < -0.3 is 10.2 Å². The molecule has 2 aliphatic heterocycles. The van der Waals surface area contributed by atoms with E-state index in [1.54, 1.807) is 0 Å². The summed E-state index contributed by atoms with van der Waals surface area (Å²) in [6.07, 6.45) is 3.97. The van der Waals surface area contributed by atoms with Crippen molar-refractivity contribution < 1.29 is 0 Å². The minimum atomic E-state index is 0.669. The zero-order valence-electron chi connectivity index (χ0n) is 10.2. The molecule has 0 saturated carbocycles. The smallest absolute Gasteiger partial charge is 0.0606 e. The Balaban J connectivity index is 1.87. The highest BCUT2D eigenvalue weighted by atomic mass is 35.5. The average molecular weight is 251 g/mol. The van der Waals surface area contributed by atoms with E-state index in [0.29, 0.717) is 6.04 Å². The van der Waals surface area contributed by atoms with E-state index in [2.05, 4.69) is 23.2 Å². The molecular weight excluding hydrogens is 232 g/mol. The monoisotopic (exact) mass is 250 g/mol. The summed E-state index contributed by atoms with van der Waals surface area (Å²) in [5.41, 5.74) is 2.53. The largest absolute Gasteiger partial charge is 0.381 e. The number of hydrogen-bond donors (Lipinski definition) is 1. The van der Waals surface area contributed by atoms with Crippen molar-refractivity contribution in [1.82, 2.24) is 0 Å². The molecule has 0 radical (unpaired) electrons. The van der Waals surface area contributed by atoms with Gasteiger partial charge in [0, 0.05) is 24.2 Å². The van der Waals surface area contributed by atoms with Crippen molar-refractivity contribution in [3.05, 3.63) is 23.2 Å². The van der Waals surface area contributed by atoms with Gasteiger partial charge in [-0.15, -0.1) is 0 Å². The normalized spacial score (nSPS) is 27.1. The van der Waals surface area contributed by atoms with Gasteiger partial charge in [0.05, 0.1) is 11.4 Å². The van der Waals surface area contributed by atoms with Crippen LogP contribution in [-0.2, 0) is 0 Å². The van der Waals surface area contributed by atoms with Crippen molar-refractivity contribution in [1.29, 1.82) is 0 Å². The van der Waals surface area contributed by atoms with Gasteiger partial charge in [0.1, 0.15) is 0 Å². The average Bonchev–Trinajstić information content (AvgIpc) is 2.37. The minimum Gasteiger partial charge on any atom is -0.381 e. The molecule has 2 unspecified atom stereocenters. The highest BCUT2D eigenvalue weighted by Gasteiger charge is 2.31. The van der Waals surface area contributed by atoms with E-state index in [0.717, 1.165) is 17.5 Å². The van der Waals surface area contributed by atoms with Crippen LogP contribution in [0.25, 0.3) is 0 Å². The molecular formula is C14H19ClN2. The van der Waals surface area contributed by atoms with Crippen molar-refractivity contribution in [2.24, 2.45) is 5.92 Å². The molecule has 2 aliphatic rings. The van der Waals surface area contributed by atoms with E-state index in [1.165, 1.54) is 37.2 Å². The second-order valence-electron chi connectivity index (χ2n) is 5.19. The third-order valence-electron chi connectivity index (χ3n) is 4.20. The lowest BCUT2D eigenvalue weighted by Crippen LogP contribution is -2.49. The summed E-state index contributed by atoms with van der Waals surface area (Å²) in [4.78, 5) is 2.56. The molecule has 0 spiro atoms. The van der Waals surface area contributed by atoms with Crippen molar-refractivity contribution >= 4 is 23.0 Å². The van der Waals surface area contributed by atoms with Crippen LogP contribution >= 0.6 is 11.6 Å². The van der Waals surface area contributed by atoms with Gasteiger partial charge in [0.25, 0.3) is 0 Å². The third-order valence-corrected chi connectivity index (χ3v) is 4.43. The van der Waals surface area contributed by atoms with Gasteiger partial charge in [-0.2, -0.15) is 0 Å². The van der Waals surface area contributed by atoms with Gasteiger partial charge in [0.15, 0.2) is 0 Å². The van der Waals surface area contributed by atoms with E-state index < -0.39 is 0 Å². The molecule has 1 fully saturated rings. The predicted molar refractivity (Wildman–Crippen MR) is 74.1 cm³/mol. The molecule has 2 nitrogen and oxygen atoms in total. The maximum Gasteiger partial charge on any atom is 0.0606 e. The van der Waals surface area contributed by atoms with Crippen LogP contribution in [0.15, 0.2) is 18.2 Å². The molecule has 2 heterocycles. The number of fused-ring (bicyclic) bond motifs is 3. The molecule has 0 bridgehead atoms. The fourth-order valence-electron chi connectivity index (χ4n) is 3.14. The predicted octanol–water partition coefficient (Wildman–Crippen LogP) is 3.76. The molecule has 0 aliphatic carbocycles. The Hall–Kier alpha value is -0.890. The molecule has 3 rings (SSSR count). The minimum absolute atomic E-state index is 0.669.